The summed E-state index contributed by atoms with van der Waals surface area (Å²) in [7, 11) is 0. The van der Waals surface area contributed by atoms with Gasteiger partial charge in [-0.3, -0.25) is 0 Å². The third-order valence-corrected chi connectivity index (χ3v) is 4.67. The third-order valence-electron chi connectivity index (χ3n) is 4.67. The number of nitrogens with zero attached hydrogens (tertiary/aromatic N) is 3. The number of para-hydroxylation sites is 1. The first-order chi connectivity index (χ1) is 14.6. The molecule has 0 unspecified atom stereocenters. The molecule has 1 aromatic heterocycles. The molecule has 3 rings (SSSR count). The Hall–Kier alpha value is -3.59. The Morgan fingerprint density at radius 2 is 1.84 bits per heavy atom. The van der Waals surface area contributed by atoms with Gasteiger partial charge in [0.05, 0.1) is 23.0 Å². The summed E-state index contributed by atoms with van der Waals surface area (Å²) < 4.78 is 27.3. The Bertz CT molecular complexity index is 1060. The van der Waals surface area contributed by atoms with Gasteiger partial charge in [0.25, 0.3) is 0 Å². The lowest BCUT2D eigenvalue weighted by Gasteiger charge is -2.27. The molecule has 0 fully saturated rings. The summed E-state index contributed by atoms with van der Waals surface area (Å²) >= 11 is 0. The fourth-order valence-corrected chi connectivity index (χ4v) is 2.61. The van der Waals surface area contributed by atoms with Crippen molar-refractivity contribution < 1.29 is 18.7 Å². The van der Waals surface area contributed by atoms with E-state index in [1.807, 2.05) is 0 Å². The van der Waals surface area contributed by atoms with E-state index in [-0.39, 0.29) is 23.5 Å². The topological polar surface area (TPSA) is 90.4 Å². The average Bonchev–Trinajstić information content (AvgIpc) is 2.71. The van der Waals surface area contributed by atoms with Gasteiger partial charge in [-0.2, -0.15) is 4.98 Å². The van der Waals surface area contributed by atoms with Crippen molar-refractivity contribution in [2.75, 3.05) is 15.5 Å². The third kappa shape index (κ3) is 5.52. The fraction of sp³-hybridized carbons (Fsp3) is 0.227. The predicted molar refractivity (Wildman–Crippen MR) is 115 cm³/mol. The zero-order valence-corrected chi connectivity index (χ0v) is 17.3. The van der Waals surface area contributed by atoms with Gasteiger partial charge in [0.15, 0.2) is 0 Å². The van der Waals surface area contributed by atoms with Crippen LogP contribution in [0.1, 0.15) is 20.8 Å². The number of hydrogen-bond donors (Lipinski definition) is 3. The van der Waals surface area contributed by atoms with Crippen LogP contribution in [0.5, 0.6) is 0 Å². The first kappa shape index (κ1) is 22.1. The zero-order valence-electron chi connectivity index (χ0n) is 17.3. The van der Waals surface area contributed by atoms with Crippen molar-refractivity contribution in [3.63, 3.8) is 0 Å². The van der Waals surface area contributed by atoms with E-state index < -0.39 is 23.3 Å². The van der Waals surface area contributed by atoms with Gasteiger partial charge in [-0.05, 0) is 45.0 Å². The van der Waals surface area contributed by atoms with Gasteiger partial charge in [0.1, 0.15) is 17.5 Å². The average molecular weight is 427 g/mol. The van der Waals surface area contributed by atoms with Crippen molar-refractivity contribution >= 4 is 29.2 Å². The number of amides is 2. The van der Waals surface area contributed by atoms with Crippen LogP contribution in [0.25, 0.3) is 0 Å². The monoisotopic (exact) mass is 427 g/mol. The van der Waals surface area contributed by atoms with Crippen LogP contribution in [0, 0.1) is 11.6 Å². The molecule has 0 radical (unpaired) electrons. The Kier molecular flexibility index (Phi) is 6.45. The van der Waals surface area contributed by atoms with Gasteiger partial charge >= 0.3 is 6.03 Å². The highest BCUT2D eigenvalue weighted by molar-refractivity contribution is 6.06. The van der Waals surface area contributed by atoms with E-state index in [9.17, 15) is 18.7 Å². The van der Waals surface area contributed by atoms with Crippen LogP contribution >= 0.6 is 0 Å². The van der Waals surface area contributed by atoms with E-state index >= 15 is 0 Å². The molecule has 0 aliphatic heterocycles. The summed E-state index contributed by atoms with van der Waals surface area (Å²) in [5.74, 6) is -1.23. The summed E-state index contributed by atoms with van der Waals surface area (Å²) in [5.41, 5.74) is -0.728. The summed E-state index contributed by atoms with van der Waals surface area (Å²) in [4.78, 5) is 22.8. The van der Waals surface area contributed by atoms with Crippen LogP contribution in [0.15, 0.2) is 60.8 Å². The van der Waals surface area contributed by atoms with Gasteiger partial charge in [0, 0.05) is 18.3 Å². The molecule has 0 aliphatic rings. The number of aromatic nitrogens is 2. The number of carbonyl (C=O) groups excluding carboxylic acids is 1. The van der Waals surface area contributed by atoms with Crippen molar-refractivity contribution in [1.29, 1.82) is 0 Å². The first-order valence-electron chi connectivity index (χ1n) is 9.58. The van der Waals surface area contributed by atoms with Gasteiger partial charge in [-0.15, -0.1) is 0 Å². The molecule has 7 nitrogen and oxygen atoms in total. The maximum Gasteiger partial charge on any atom is 0.332 e. The SMILES string of the molecule is C[C@H](Nc1nccc(N(C(=O)Nc2ccc(F)cc2F)c2ccccc2)n1)C(C)(C)O. The lowest BCUT2D eigenvalue weighted by Crippen LogP contribution is -2.40. The summed E-state index contributed by atoms with van der Waals surface area (Å²) in [6, 6.07) is 12.0. The molecule has 2 aromatic carbocycles. The van der Waals surface area contributed by atoms with Crippen LogP contribution in [0.2, 0.25) is 0 Å². The van der Waals surface area contributed by atoms with Crippen molar-refractivity contribution in [1.82, 2.24) is 9.97 Å². The quantitative estimate of drug-likeness (QED) is 0.531. The molecule has 0 aliphatic carbocycles. The molecule has 2 amide bonds. The van der Waals surface area contributed by atoms with Crippen LogP contribution in [0.4, 0.5) is 36.7 Å². The molecule has 9 heteroatoms. The molecule has 1 heterocycles. The number of aliphatic hydroxyl groups is 1. The van der Waals surface area contributed by atoms with E-state index in [2.05, 4.69) is 20.6 Å². The molecule has 0 spiro atoms. The second-order valence-corrected chi connectivity index (χ2v) is 7.48. The van der Waals surface area contributed by atoms with Crippen LogP contribution < -0.4 is 15.5 Å². The number of urea groups is 1. The highest BCUT2D eigenvalue weighted by Crippen LogP contribution is 2.26. The highest BCUT2D eigenvalue weighted by Gasteiger charge is 2.25. The standard InChI is InChI=1S/C22H23F2N5O2/c1-14(22(2,3)31)26-20-25-12-11-19(28-20)29(16-7-5-4-6-8-16)21(30)27-18-10-9-15(23)13-17(18)24/h4-14,31H,1-3H3,(H,27,30)(H,25,26,28)/t14-/m0/s1. The van der Waals surface area contributed by atoms with Crippen molar-refractivity contribution in [3.8, 4) is 0 Å². The predicted octanol–water partition coefficient (Wildman–Crippen LogP) is 4.70. The molecule has 0 saturated carbocycles. The van der Waals surface area contributed by atoms with E-state index in [0.29, 0.717) is 11.8 Å². The maximum atomic E-state index is 14.1. The smallest absolute Gasteiger partial charge is 0.332 e. The molecular weight excluding hydrogens is 404 g/mol. The Morgan fingerprint density at radius 3 is 2.48 bits per heavy atom. The van der Waals surface area contributed by atoms with E-state index in [1.54, 1.807) is 51.1 Å². The highest BCUT2D eigenvalue weighted by atomic mass is 19.1. The molecule has 3 N–H and O–H groups in total. The Balaban J connectivity index is 1.95. The van der Waals surface area contributed by atoms with Gasteiger partial charge in [-0.1, -0.05) is 18.2 Å². The van der Waals surface area contributed by atoms with Crippen molar-refractivity contribution in [2.45, 2.75) is 32.4 Å². The van der Waals surface area contributed by atoms with Crippen molar-refractivity contribution in [3.05, 3.63) is 72.4 Å². The maximum absolute atomic E-state index is 14.1. The van der Waals surface area contributed by atoms with Gasteiger partial charge in [-0.25, -0.2) is 23.5 Å². The number of halogens is 2. The minimum absolute atomic E-state index is 0.171. The normalized spacial score (nSPS) is 12.2. The number of nitrogens with one attached hydrogen (secondary N) is 2. The number of rotatable bonds is 6. The zero-order chi connectivity index (χ0) is 22.6. The number of carbonyl (C=O) groups is 1. The van der Waals surface area contributed by atoms with Crippen LogP contribution in [0.3, 0.4) is 0 Å². The second-order valence-electron chi connectivity index (χ2n) is 7.48. The number of hydrogen-bond acceptors (Lipinski definition) is 5. The summed E-state index contributed by atoms with van der Waals surface area (Å²) in [6.45, 7) is 5.07. The Morgan fingerprint density at radius 1 is 1.13 bits per heavy atom. The lowest BCUT2D eigenvalue weighted by molar-refractivity contribution is 0.0646. The van der Waals surface area contributed by atoms with E-state index in [0.717, 1.165) is 12.1 Å². The molecule has 31 heavy (non-hydrogen) atoms. The molecule has 0 saturated heterocycles. The summed E-state index contributed by atoms with van der Waals surface area (Å²) in [5, 5.41) is 15.6. The van der Waals surface area contributed by atoms with Crippen LogP contribution in [-0.2, 0) is 0 Å². The van der Waals surface area contributed by atoms with E-state index in [1.165, 1.54) is 17.2 Å². The fourth-order valence-electron chi connectivity index (χ4n) is 2.61. The summed E-state index contributed by atoms with van der Waals surface area (Å²) in [6.07, 6.45) is 1.46. The van der Waals surface area contributed by atoms with Gasteiger partial charge in [0.2, 0.25) is 5.95 Å². The molecule has 3 aromatic rings. The lowest BCUT2D eigenvalue weighted by atomic mass is 10.0. The minimum Gasteiger partial charge on any atom is -0.388 e. The molecule has 0 bridgehead atoms. The first-order valence-corrected chi connectivity index (χ1v) is 9.58. The molecular formula is C22H23F2N5O2. The molecule has 162 valence electrons. The van der Waals surface area contributed by atoms with Gasteiger partial charge < -0.3 is 15.7 Å². The van der Waals surface area contributed by atoms with Crippen molar-refractivity contribution in [2.24, 2.45) is 0 Å². The Labute approximate surface area is 178 Å². The minimum atomic E-state index is -1.03. The largest absolute Gasteiger partial charge is 0.388 e. The van der Waals surface area contributed by atoms with Crippen LogP contribution in [-0.4, -0.2) is 32.7 Å². The molecule has 1 atom stereocenters. The second kappa shape index (κ2) is 9.05. The number of benzene rings is 2. The number of anilines is 4. The van der Waals surface area contributed by atoms with E-state index in [4.69, 9.17) is 0 Å².